The van der Waals surface area contributed by atoms with Gasteiger partial charge in [-0.25, -0.2) is 9.78 Å². The van der Waals surface area contributed by atoms with Gasteiger partial charge in [-0.3, -0.25) is 4.79 Å². The normalized spacial score (nSPS) is 17.7. The third-order valence-electron chi connectivity index (χ3n) is 4.44. The van der Waals surface area contributed by atoms with E-state index in [1.54, 1.807) is 11.3 Å². The van der Waals surface area contributed by atoms with Crippen LogP contribution in [0.4, 0.5) is 4.79 Å². The lowest BCUT2D eigenvalue weighted by Crippen LogP contribution is -2.41. The third kappa shape index (κ3) is 5.42. The van der Waals surface area contributed by atoms with Gasteiger partial charge in [-0.2, -0.15) is 0 Å². The molecule has 146 valence electrons. The van der Waals surface area contributed by atoms with Gasteiger partial charge in [0, 0.05) is 32.0 Å². The Balaban J connectivity index is 1.51. The summed E-state index contributed by atoms with van der Waals surface area (Å²) in [5.74, 6) is 0.357. The molecule has 2 aromatic rings. The summed E-state index contributed by atoms with van der Waals surface area (Å²) in [6, 6.07) is 8.15. The lowest BCUT2D eigenvalue weighted by molar-refractivity contribution is -0.132. The first-order valence-corrected chi connectivity index (χ1v) is 10.2. The van der Waals surface area contributed by atoms with E-state index in [4.69, 9.17) is 9.72 Å². The number of para-hydroxylation sites is 1. The number of carbonyl (C=O) groups excluding carboxylic acids is 2. The fraction of sp³-hybridized carbons (Fsp3) is 0.550. The van der Waals surface area contributed by atoms with Gasteiger partial charge in [0.05, 0.1) is 15.2 Å². The van der Waals surface area contributed by atoms with Gasteiger partial charge in [0.15, 0.2) is 0 Å². The number of benzene rings is 1. The number of carbonyl (C=O) groups is 2. The number of hydrogen-bond acceptors (Lipinski definition) is 5. The number of aromatic nitrogens is 1. The van der Waals surface area contributed by atoms with Crippen molar-refractivity contribution in [2.45, 2.75) is 51.6 Å². The Labute approximate surface area is 163 Å². The molecular weight excluding hydrogens is 362 g/mol. The van der Waals surface area contributed by atoms with Gasteiger partial charge in [-0.05, 0) is 45.7 Å². The molecule has 0 radical (unpaired) electrons. The van der Waals surface area contributed by atoms with Crippen LogP contribution in [0, 0.1) is 0 Å². The van der Waals surface area contributed by atoms with Crippen LogP contribution < -0.4 is 5.32 Å². The summed E-state index contributed by atoms with van der Waals surface area (Å²) in [7, 11) is 0. The molecular formula is C20H27N3O3S. The fourth-order valence-corrected chi connectivity index (χ4v) is 4.31. The Kier molecular flexibility index (Phi) is 5.99. The Bertz CT molecular complexity index is 779. The highest BCUT2D eigenvalue weighted by Crippen LogP contribution is 2.33. The third-order valence-corrected chi connectivity index (χ3v) is 5.64. The highest BCUT2D eigenvalue weighted by atomic mass is 32.1. The fourth-order valence-electron chi connectivity index (χ4n) is 3.21. The second-order valence-electron chi connectivity index (χ2n) is 7.88. The molecule has 3 rings (SSSR count). The van der Waals surface area contributed by atoms with Crippen molar-refractivity contribution in [2.75, 3.05) is 19.6 Å². The molecule has 1 fully saturated rings. The molecule has 0 unspecified atom stereocenters. The average molecular weight is 390 g/mol. The van der Waals surface area contributed by atoms with Crippen LogP contribution in [0.1, 0.15) is 51.0 Å². The lowest BCUT2D eigenvalue weighted by Gasteiger charge is -2.32. The molecule has 1 atom stereocenters. The number of piperidine rings is 1. The minimum absolute atomic E-state index is 0.0665. The SMILES string of the molecule is CC(C)(C)OC(=O)NCCC(=O)N1CCC[C@@H](c2nc3ccccc3s2)C1. The van der Waals surface area contributed by atoms with E-state index in [1.165, 1.54) is 4.70 Å². The topological polar surface area (TPSA) is 71.5 Å². The largest absolute Gasteiger partial charge is 0.444 e. The molecule has 1 aromatic heterocycles. The van der Waals surface area contributed by atoms with E-state index in [0.717, 1.165) is 29.9 Å². The van der Waals surface area contributed by atoms with E-state index in [-0.39, 0.29) is 18.9 Å². The molecule has 7 heteroatoms. The summed E-state index contributed by atoms with van der Waals surface area (Å²) in [5.41, 5.74) is 0.494. The molecule has 2 amide bonds. The predicted octanol–water partition coefficient (Wildman–Crippen LogP) is 3.92. The number of nitrogens with one attached hydrogen (secondary N) is 1. The molecule has 0 aliphatic carbocycles. The Morgan fingerprint density at radius 1 is 1.33 bits per heavy atom. The van der Waals surface area contributed by atoms with Crippen molar-refractivity contribution in [3.63, 3.8) is 0 Å². The van der Waals surface area contributed by atoms with Gasteiger partial charge in [0.25, 0.3) is 0 Å². The second-order valence-corrected chi connectivity index (χ2v) is 8.94. The van der Waals surface area contributed by atoms with Crippen LogP contribution in [-0.4, -0.2) is 47.1 Å². The number of amides is 2. The average Bonchev–Trinajstić information content (AvgIpc) is 3.04. The zero-order valence-electron chi connectivity index (χ0n) is 16.2. The van der Waals surface area contributed by atoms with Crippen molar-refractivity contribution in [3.05, 3.63) is 29.3 Å². The van der Waals surface area contributed by atoms with Gasteiger partial charge in [-0.1, -0.05) is 12.1 Å². The minimum Gasteiger partial charge on any atom is -0.444 e. The van der Waals surface area contributed by atoms with Crippen molar-refractivity contribution in [2.24, 2.45) is 0 Å². The van der Waals surface area contributed by atoms with Gasteiger partial charge in [0.1, 0.15) is 5.60 Å². The highest BCUT2D eigenvalue weighted by molar-refractivity contribution is 7.18. The summed E-state index contributed by atoms with van der Waals surface area (Å²) < 4.78 is 6.38. The first-order valence-electron chi connectivity index (χ1n) is 9.42. The summed E-state index contributed by atoms with van der Waals surface area (Å²) in [6.45, 7) is 7.20. The molecule has 1 aliphatic heterocycles. The molecule has 0 spiro atoms. The Morgan fingerprint density at radius 2 is 2.11 bits per heavy atom. The first kappa shape index (κ1) is 19.6. The summed E-state index contributed by atoms with van der Waals surface area (Å²) in [5, 5.41) is 3.76. The van der Waals surface area contributed by atoms with Crippen LogP contribution in [0.2, 0.25) is 0 Å². The quantitative estimate of drug-likeness (QED) is 0.860. The minimum atomic E-state index is -0.536. The Hall–Kier alpha value is -2.15. The molecule has 2 heterocycles. The monoisotopic (exact) mass is 389 g/mol. The molecule has 1 N–H and O–H groups in total. The van der Waals surface area contributed by atoms with E-state index in [0.29, 0.717) is 12.5 Å². The summed E-state index contributed by atoms with van der Waals surface area (Å²) >= 11 is 1.72. The molecule has 1 saturated heterocycles. The number of nitrogens with zero attached hydrogens (tertiary/aromatic N) is 2. The van der Waals surface area contributed by atoms with Crippen molar-refractivity contribution < 1.29 is 14.3 Å². The zero-order valence-corrected chi connectivity index (χ0v) is 17.0. The number of rotatable bonds is 4. The number of hydrogen-bond donors (Lipinski definition) is 1. The van der Waals surface area contributed by atoms with E-state index in [1.807, 2.05) is 43.9 Å². The van der Waals surface area contributed by atoms with Gasteiger partial charge in [0.2, 0.25) is 5.91 Å². The van der Waals surface area contributed by atoms with Gasteiger partial charge >= 0.3 is 6.09 Å². The van der Waals surface area contributed by atoms with Gasteiger partial charge < -0.3 is 15.0 Å². The predicted molar refractivity (Wildman–Crippen MR) is 107 cm³/mol. The van der Waals surface area contributed by atoms with Crippen LogP contribution in [0.25, 0.3) is 10.2 Å². The van der Waals surface area contributed by atoms with E-state index >= 15 is 0 Å². The van der Waals surface area contributed by atoms with E-state index < -0.39 is 11.7 Å². The second kappa shape index (κ2) is 8.25. The number of likely N-dealkylation sites (tertiary alicyclic amines) is 1. The summed E-state index contributed by atoms with van der Waals surface area (Å²) in [4.78, 5) is 30.9. The van der Waals surface area contributed by atoms with E-state index in [9.17, 15) is 9.59 Å². The van der Waals surface area contributed by atoms with Crippen LogP contribution >= 0.6 is 11.3 Å². The maximum absolute atomic E-state index is 12.5. The standard InChI is InChI=1S/C20H27N3O3S/c1-20(2,3)26-19(25)21-11-10-17(24)23-12-6-7-14(13-23)18-22-15-8-4-5-9-16(15)27-18/h4-5,8-9,14H,6-7,10-13H2,1-3H3,(H,21,25)/t14-/m1/s1. The number of fused-ring (bicyclic) bond motifs is 1. The lowest BCUT2D eigenvalue weighted by atomic mass is 9.98. The van der Waals surface area contributed by atoms with Crippen molar-refractivity contribution in [3.8, 4) is 0 Å². The highest BCUT2D eigenvalue weighted by Gasteiger charge is 2.27. The van der Waals surface area contributed by atoms with Crippen LogP contribution in [0.5, 0.6) is 0 Å². The maximum atomic E-state index is 12.5. The molecule has 1 aromatic carbocycles. The van der Waals surface area contributed by atoms with Crippen molar-refractivity contribution >= 4 is 33.6 Å². The number of ether oxygens (including phenoxy) is 1. The molecule has 0 bridgehead atoms. The molecule has 0 saturated carbocycles. The van der Waals surface area contributed by atoms with E-state index in [2.05, 4.69) is 11.4 Å². The smallest absolute Gasteiger partial charge is 0.407 e. The zero-order chi connectivity index (χ0) is 19.4. The van der Waals surface area contributed by atoms with Crippen LogP contribution in [-0.2, 0) is 9.53 Å². The van der Waals surface area contributed by atoms with Crippen molar-refractivity contribution in [1.82, 2.24) is 15.2 Å². The number of thiazole rings is 1. The van der Waals surface area contributed by atoms with Crippen LogP contribution in [0.15, 0.2) is 24.3 Å². The molecule has 6 nitrogen and oxygen atoms in total. The molecule has 27 heavy (non-hydrogen) atoms. The van der Waals surface area contributed by atoms with Crippen molar-refractivity contribution in [1.29, 1.82) is 0 Å². The maximum Gasteiger partial charge on any atom is 0.407 e. The van der Waals surface area contributed by atoms with Crippen LogP contribution in [0.3, 0.4) is 0 Å². The Morgan fingerprint density at radius 3 is 2.85 bits per heavy atom. The molecule has 1 aliphatic rings. The number of alkyl carbamates (subject to hydrolysis) is 1. The van der Waals surface area contributed by atoms with Gasteiger partial charge in [-0.15, -0.1) is 11.3 Å². The first-order chi connectivity index (χ1) is 12.8. The summed E-state index contributed by atoms with van der Waals surface area (Å²) in [6.07, 6.45) is 1.83.